The zero-order chi connectivity index (χ0) is 62.1. The van der Waals surface area contributed by atoms with Crippen molar-refractivity contribution in [2.24, 2.45) is 0 Å². The fraction of sp³-hybridized carbons (Fsp3) is 0. The summed E-state index contributed by atoms with van der Waals surface area (Å²) in [6, 6.07) is 110. The van der Waals surface area contributed by atoms with Crippen LogP contribution in [-0.4, -0.2) is 18.3 Å². The highest BCUT2D eigenvalue weighted by Gasteiger charge is 2.25. The minimum atomic E-state index is 0.627. The summed E-state index contributed by atoms with van der Waals surface area (Å²) < 4.78 is 22.1. The van der Waals surface area contributed by atoms with E-state index >= 15 is 0 Å². The van der Waals surface area contributed by atoms with Crippen LogP contribution in [0.25, 0.3) is 176 Å². The predicted octanol–water partition coefficient (Wildman–Crippen LogP) is 22.6. The third kappa shape index (κ3) is 7.66. The Labute approximate surface area is 537 Å². The lowest BCUT2D eigenvalue weighted by molar-refractivity contribution is 0.669. The van der Waals surface area contributed by atoms with Crippen molar-refractivity contribution in [3.05, 3.63) is 314 Å². The first-order chi connectivity index (χ1) is 46.6. The number of fused-ring (bicyclic) bond motifs is 20. The SMILES string of the molecule is N#Cc1c(-c2ccccc2-n2c3ccccc3c3c4c(ccc32)oc2ccccc24)cccc1-n1c2ccccc2c2ccccc21.N#Cc1ccc(-n2c3ccccc3c3ccccc32)cc1-c1ccccc1-n1c2ccccc2c2c3oc4ccccc4c3ccc21. The number of furan rings is 2. The molecule has 0 unspecified atom stereocenters. The van der Waals surface area contributed by atoms with Crippen LogP contribution in [0.15, 0.2) is 312 Å². The van der Waals surface area contributed by atoms with Gasteiger partial charge in [0.25, 0.3) is 0 Å². The summed E-state index contributed by atoms with van der Waals surface area (Å²) >= 11 is 0. The van der Waals surface area contributed by atoms with Gasteiger partial charge in [0.1, 0.15) is 28.4 Å². The third-order valence-electron chi connectivity index (χ3n) is 19.2. The van der Waals surface area contributed by atoms with Crippen molar-refractivity contribution in [3.63, 3.8) is 0 Å². The molecule has 20 aromatic rings. The second-order valence-electron chi connectivity index (χ2n) is 24.0. The first-order valence-electron chi connectivity index (χ1n) is 31.5. The van der Waals surface area contributed by atoms with Gasteiger partial charge in [-0.2, -0.15) is 10.5 Å². The van der Waals surface area contributed by atoms with Gasteiger partial charge in [0.05, 0.1) is 83.8 Å². The Kier molecular flexibility index (Phi) is 11.6. The Bertz CT molecular complexity index is 6550. The highest BCUT2D eigenvalue weighted by molar-refractivity contribution is 6.28. The van der Waals surface area contributed by atoms with Crippen molar-refractivity contribution in [2.45, 2.75) is 0 Å². The molecule has 8 nitrogen and oxygen atoms in total. The third-order valence-corrected chi connectivity index (χ3v) is 19.2. The molecule has 0 aliphatic heterocycles. The van der Waals surface area contributed by atoms with Gasteiger partial charge >= 0.3 is 0 Å². The van der Waals surface area contributed by atoms with Gasteiger partial charge in [-0.1, -0.05) is 194 Å². The van der Waals surface area contributed by atoms with Crippen LogP contribution < -0.4 is 0 Å². The minimum absolute atomic E-state index is 0.627. The monoisotopic (exact) mass is 1200 g/mol. The van der Waals surface area contributed by atoms with Crippen LogP contribution in [0.3, 0.4) is 0 Å². The lowest BCUT2D eigenvalue weighted by atomic mass is 9.96. The fourth-order valence-corrected chi connectivity index (χ4v) is 15.3. The summed E-state index contributed by atoms with van der Waals surface area (Å²) in [5.74, 6) is 0. The maximum absolute atomic E-state index is 10.9. The van der Waals surface area contributed by atoms with Gasteiger partial charge in [-0.15, -0.1) is 0 Å². The lowest BCUT2D eigenvalue weighted by Gasteiger charge is -2.17. The summed E-state index contributed by atoms with van der Waals surface area (Å²) in [7, 11) is 0. The van der Waals surface area contributed by atoms with Crippen LogP contribution in [0.5, 0.6) is 0 Å². The zero-order valence-corrected chi connectivity index (χ0v) is 50.4. The molecule has 14 aromatic carbocycles. The first kappa shape index (κ1) is 52.8. The van der Waals surface area contributed by atoms with Gasteiger partial charge in [-0.05, 0) is 109 Å². The molecule has 0 aliphatic carbocycles. The predicted molar refractivity (Wildman–Crippen MR) is 385 cm³/mol. The molecule has 20 rings (SSSR count). The highest BCUT2D eigenvalue weighted by Crippen LogP contribution is 2.46. The molecule has 0 spiro atoms. The Morgan fingerprint density at radius 1 is 0.245 bits per heavy atom. The highest BCUT2D eigenvalue weighted by atomic mass is 16.3. The fourth-order valence-electron chi connectivity index (χ4n) is 15.3. The van der Waals surface area contributed by atoms with Crippen LogP contribution in [0.1, 0.15) is 11.1 Å². The molecule has 6 heterocycles. The average Bonchev–Trinajstić information content (AvgIpc) is 1.62. The standard InChI is InChI=1S/2C43H25N3O/c44-26-33-27(17-11-22-38(33)45-35-19-7-2-13-29(35)30-14-3-8-20-36(30)45)28-12-1-6-18-34(28)46-37-21-9-4-15-31(37)42-39(46)24-25-41-43(42)32-16-5-10-23-40(32)47-41;44-26-27-21-22-28(45-36-16-6-1-11-29(36)30-12-2-7-17-37(30)45)25-35(27)31-13-3-8-18-38(31)46-39-19-9-4-15-34(39)42-40(46)24-23-33-32-14-5-10-20-41(32)47-43(33)42/h2*1-25H. The maximum Gasteiger partial charge on any atom is 0.145 e. The van der Waals surface area contributed by atoms with Gasteiger partial charge in [0, 0.05) is 87.2 Å². The van der Waals surface area contributed by atoms with E-state index in [1.165, 1.54) is 21.5 Å². The van der Waals surface area contributed by atoms with Crippen LogP contribution in [0.2, 0.25) is 0 Å². The average molecular weight is 1200 g/mol. The number of para-hydroxylation sites is 10. The van der Waals surface area contributed by atoms with Crippen molar-refractivity contribution in [1.82, 2.24) is 18.3 Å². The van der Waals surface area contributed by atoms with Crippen molar-refractivity contribution < 1.29 is 8.83 Å². The molecule has 0 fully saturated rings. The molecule has 436 valence electrons. The van der Waals surface area contributed by atoms with E-state index in [2.05, 4.69) is 303 Å². The van der Waals surface area contributed by atoms with E-state index in [-0.39, 0.29) is 0 Å². The molecule has 0 amide bonds. The Morgan fingerprint density at radius 3 is 1.26 bits per heavy atom. The number of hydrogen-bond donors (Lipinski definition) is 0. The number of rotatable bonds is 6. The number of aromatic nitrogens is 4. The van der Waals surface area contributed by atoms with E-state index in [0.29, 0.717) is 11.1 Å². The van der Waals surface area contributed by atoms with Crippen LogP contribution in [0, 0.1) is 22.7 Å². The normalized spacial score (nSPS) is 11.8. The molecule has 0 N–H and O–H groups in total. The van der Waals surface area contributed by atoms with E-state index in [0.717, 1.165) is 155 Å². The van der Waals surface area contributed by atoms with Gasteiger partial charge in [0.15, 0.2) is 0 Å². The molecule has 0 aliphatic rings. The largest absolute Gasteiger partial charge is 0.456 e. The summed E-state index contributed by atoms with van der Waals surface area (Å²) in [5.41, 5.74) is 21.2. The van der Waals surface area contributed by atoms with Crippen molar-refractivity contribution >= 4 is 131 Å². The Morgan fingerprint density at radius 2 is 0.670 bits per heavy atom. The van der Waals surface area contributed by atoms with Crippen LogP contribution in [0.4, 0.5) is 0 Å². The summed E-state index contributed by atoms with van der Waals surface area (Å²) in [4.78, 5) is 0. The van der Waals surface area contributed by atoms with Gasteiger partial charge in [-0.3, -0.25) is 0 Å². The van der Waals surface area contributed by atoms with Gasteiger partial charge in [0.2, 0.25) is 0 Å². The molecule has 8 heteroatoms. The number of benzene rings is 14. The van der Waals surface area contributed by atoms with E-state index in [4.69, 9.17) is 8.83 Å². The Hall–Kier alpha value is -13.1. The second-order valence-corrected chi connectivity index (χ2v) is 24.0. The van der Waals surface area contributed by atoms with Crippen molar-refractivity contribution in [3.8, 4) is 57.1 Å². The molecule has 0 atom stereocenters. The molecule has 0 saturated heterocycles. The van der Waals surface area contributed by atoms with E-state index in [1.807, 2.05) is 30.3 Å². The molecule has 0 saturated carbocycles. The van der Waals surface area contributed by atoms with E-state index in [1.54, 1.807) is 0 Å². The first-order valence-corrected chi connectivity index (χ1v) is 31.5. The topological polar surface area (TPSA) is 93.6 Å². The second kappa shape index (κ2) is 20.7. The lowest BCUT2D eigenvalue weighted by Crippen LogP contribution is -2.02. The summed E-state index contributed by atoms with van der Waals surface area (Å²) in [6.07, 6.45) is 0. The smallest absolute Gasteiger partial charge is 0.145 e. The molecule has 0 bridgehead atoms. The van der Waals surface area contributed by atoms with Crippen molar-refractivity contribution in [1.29, 1.82) is 10.5 Å². The number of nitriles is 2. The number of nitrogens with zero attached hydrogens (tertiary/aromatic N) is 6. The summed E-state index contributed by atoms with van der Waals surface area (Å²) in [6.45, 7) is 0. The van der Waals surface area contributed by atoms with Crippen LogP contribution >= 0.6 is 0 Å². The molecular weight excluding hydrogens is 1150 g/mol. The molecule has 0 radical (unpaired) electrons. The number of hydrogen-bond acceptors (Lipinski definition) is 4. The molecular formula is C86H50N6O2. The van der Waals surface area contributed by atoms with E-state index < -0.39 is 0 Å². The van der Waals surface area contributed by atoms with E-state index in [9.17, 15) is 10.5 Å². The zero-order valence-electron chi connectivity index (χ0n) is 50.4. The summed E-state index contributed by atoms with van der Waals surface area (Å²) in [5, 5.41) is 35.0. The van der Waals surface area contributed by atoms with Gasteiger partial charge in [-0.25, -0.2) is 0 Å². The minimum Gasteiger partial charge on any atom is -0.456 e. The quantitative estimate of drug-likeness (QED) is 0.166. The molecule has 6 aromatic heterocycles. The van der Waals surface area contributed by atoms with Gasteiger partial charge < -0.3 is 27.1 Å². The maximum atomic E-state index is 10.9. The van der Waals surface area contributed by atoms with Crippen LogP contribution in [-0.2, 0) is 0 Å². The molecule has 94 heavy (non-hydrogen) atoms. The van der Waals surface area contributed by atoms with Crippen molar-refractivity contribution in [2.75, 3.05) is 0 Å². The Balaban J connectivity index is 0.000000133.